The molecular formula is C20H20ClFN6O. The summed E-state index contributed by atoms with van der Waals surface area (Å²) < 4.78 is 21.6. The summed E-state index contributed by atoms with van der Waals surface area (Å²) in [6.07, 6.45) is 2.32. The van der Waals surface area contributed by atoms with Gasteiger partial charge in [-0.15, -0.1) is 5.10 Å². The number of anilines is 2. The van der Waals surface area contributed by atoms with Crippen LogP contribution < -0.4 is 15.0 Å². The Morgan fingerprint density at radius 3 is 3.00 bits per heavy atom. The highest BCUT2D eigenvalue weighted by atomic mass is 35.5. The average Bonchev–Trinajstić information content (AvgIpc) is 3.36. The monoisotopic (exact) mass is 414 g/mol. The van der Waals surface area contributed by atoms with E-state index in [9.17, 15) is 4.39 Å². The number of halogens is 2. The molecule has 150 valence electrons. The SMILES string of the molecule is Cc1cc(N2CC3CC2C3Nc2nc(Oc3cccc(Cl)c3)n(C)n2)c(F)cn1. The molecule has 2 aliphatic heterocycles. The molecule has 1 aliphatic carbocycles. The van der Waals surface area contributed by atoms with Gasteiger partial charge in [0.15, 0.2) is 5.82 Å². The number of aromatic nitrogens is 4. The van der Waals surface area contributed by atoms with E-state index in [0.717, 1.165) is 18.7 Å². The number of aryl methyl sites for hydroxylation is 2. The van der Waals surface area contributed by atoms with Gasteiger partial charge in [-0.3, -0.25) is 4.98 Å². The second-order valence-electron chi connectivity index (χ2n) is 7.56. The Hall–Kier alpha value is -2.87. The van der Waals surface area contributed by atoms with Crippen LogP contribution in [-0.4, -0.2) is 38.4 Å². The van der Waals surface area contributed by atoms with Crippen molar-refractivity contribution in [2.24, 2.45) is 13.0 Å². The van der Waals surface area contributed by atoms with Gasteiger partial charge in [0, 0.05) is 30.2 Å². The molecule has 3 aromatic rings. The highest BCUT2D eigenvalue weighted by Gasteiger charge is 2.53. The lowest BCUT2D eigenvalue weighted by Crippen LogP contribution is -2.49. The molecule has 3 atom stereocenters. The van der Waals surface area contributed by atoms with E-state index in [1.807, 2.05) is 25.1 Å². The molecule has 29 heavy (non-hydrogen) atoms. The number of nitrogens with one attached hydrogen (secondary N) is 1. The lowest BCUT2D eigenvalue weighted by atomic mass is 9.80. The van der Waals surface area contributed by atoms with Crippen molar-refractivity contribution in [3.05, 3.63) is 53.1 Å². The molecule has 9 heteroatoms. The topological polar surface area (TPSA) is 68.1 Å². The Labute approximate surface area is 172 Å². The number of ether oxygens (including phenoxy) is 1. The molecule has 1 saturated carbocycles. The van der Waals surface area contributed by atoms with Gasteiger partial charge in [-0.1, -0.05) is 17.7 Å². The zero-order valence-electron chi connectivity index (χ0n) is 16.0. The highest BCUT2D eigenvalue weighted by molar-refractivity contribution is 6.30. The van der Waals surface area contributed by atoms with Crippen LogP contribution in [-0.2, 0) is 7.05 Å². The molecule has 2 aromatic heterocycles. The lowest BCUT2D eigenvalue weighted by molar-refractivity contribution is 0.332. The van der Waals surface area contributed by atoms with Crippen molar-refractivity contribution in [3.63, 3.8) is 0 Å². The summed E-state index contributed by atoms with van der Waals surface area (Å²) in [5.74, 6) is 1.24. The van der Waals surface area contributed by atoms with Gasteiger partial charge < -0.3 is 15.0 Å². The molecule has 7 nitrogen and oxygen atoms in total. The molecule has 3 aliphatic rings. The zero-order chi connectivity index (χ0) is 20.1. The summed E-state index contributed by atoms with van der Waals surface area (Å²) in [4.78, 5) is 10.6. The lowest BCUT2D eigenvalue weighted by Gasteiger charge is -2.37. The third kappa shape index (κ3) is 3.27. The van der Waals surface area contributed by atoms with Crippen molar-refractivity contribution >= 4 is 23.2 Å². The molecule has 0 spiro atoms. The summed E-state index contributed by atoms with van der Waals surface area (Å²) in [5, 5.41) is 8.41. The molecule has 0 radical (unpaired) electrons. The molecule has 2 bridgehead atoms. The Balaban J connectivity index is 1.30. The van der Waals surface area contributed by atoms with Gasteiger partial charge >= 0.3 is 6.01 Å². The van der Waals surface area contributed by atoms with Crippen molar-refractivity contribution in [1.29, 1.82) is 0 Å². The van der Waals surface area contributed by atoms with Gasteiger partial charge in [-0.05, 0) is 37.6 Å². The number of hydrogen-bond acceptors (Lipinski definition) is 6. The molecular weight excluding hydrogens is 395 g/mol. The maximum Gasteiger partial charge on any atom is 0.321 e. The Morgan fingerprint density at radius 1 is 1.31 bits per heavy atom. The molecule has 1 aromatic carbocycles. The van der Waals surface area contributed by atoms with Crippen LogP contribution in [0.25, 0.3) is 0 Å². The van der Waals surface area contributed by atoms with Crippen LogP contribution in [0.15, 0.2) is 36.5 Å². The second kappa shape index (κ2) is 6.88. The number of rotatable bonds is 5. The molecule has 3 unspecified atom stereocenters. The van der Waals surface area contributed by atoms with Crippen molar-refractivity contribution in [2.45, 2.75) is 25.4 Å². The Bertz CT molecular complexity index is 1070. The van der Waals surface area contributed by atoms with Crippen LogP contribution in [0.4, 0.5) is 16.0 Å². The molecule has 6 rings (SSSR count). The maximum atomic E-state index is 14.3. The quantitative estimate of drug-likeness (QED) is 0.685. The predicted octanol–water partition coefficient (Wildman–Crippen LogP) is 3.79. The Morgan fingerprint density at radius 2 is 2.17 bits per heavy atom. The van der Waals surface area contributed by atoms with Crippen molar-refractivity contribution in [1.82, 2.24) is 19.7 Å². The largest absolute Gasteiger partial charge is 0.424 e. The fourth-order valence-corrected chi connectivity index (χ4v) is 4.34. The van der Waals surface area contributed by atoms with Crippen molar-refractivity contribution in [2.75, 3.05) is 16.8 Å². The molecule has 3 fully saturated rings. The van der Waals surface area contributed by atoms with Gasteiger partial charge in [-0.2, -0.15) is 4.98 Å². The van der Waals surface area contributed by atoms with E-state index < -0.39 is 0 Å². The van der Waals surface area contributed by atoms with E-state index in [-0.39, 0.29) is 17.9 Å². The summed E-state index contributed by atoms with van der Waals surface area (Å²) in [6.45, 7) is 2.68. The second-order valence-corrected chi connectivity index (χ2v) is 8.00. The first kappa shape index (κ1) is 18.2. The van der Waals surface area contributed by atoms with E-state index in [1.54, 1.807) is 23.9 Å². The first-order chi connectivity index (χ1) is 14.0. The summed E-state index contributed by atoms with van der Waals surface area (Å²) in [7, 11) is 1.77. The first-order valence-electron chi connectivity index (χ1n) is 9.48. The smallest absolute Gasteiger partial charge is 0.321 e. The average molecular weight is 415 g/mol. The van der Waals surface area contributed by atoms with Crippen LogP contribution in [0.1, 0.15) is 12.1 Å². The minimum absolute atomic E-state index is 0.171. The predicted molar refractivity (Wildman–Crippen MR) is 108 cm³/mol. The van der Waals surface area contributed by atoms with Crippen LogP contribution in [0.5, 0.6) is 11.8 Å². The number of hydrogen-bond donors (Lipinski definition) is 1. The van der Waals surface area contributed by atoms with Crippen LogP contribution in [0.2, 0.25) is 5.02 Å². The van der Waals surface area contributed by atoms with Gasteiger partial charge in [0.05, 0.1) is 24.0 Å². The normalized spacial score (nSPS) is 22.5. The van der Waals surface area contributed by atoms with E-state index in [2.05, 4.69) is 25.3 Å². The van der Waals surface area contributed by atoms with Crippen LogP contribution >= 0.6 is 11.6 Å². The summed E-state index contributed by atoms with van der Waals surface area (Å²) >= 11 is 6.00. The minimum Gasteiger partial charge on any atom is -0.424 e. The number of benzene rings is 1. The van der Waals surface area contributed by atoms with Crippen LogP contribution in [0.3, 0.4) is 0 Å². The number of pyridine rings is 1. The standard InChI is InChI=1S/C20H20ClFN6O/c1-11-6-16(15(22)9-23-11)28-10-12-7-17(28)18(12)24-19-25-20(27(2)26-19)29-14-5-3-4-13(21)8-14/h3-6,8-9,12,17-18H,7,10H2,1-2H3,(H,24,26). The van der Waals surface area contributed by atoms with Crippen molar-refractivity contribution in [3.8, 4) is 11.8 Å². The van der Waals surface area contributed by atoms with Gasteiger partial charge in [0.2, 0.25) is 5.95 Å². The minimum atomic E-state index is -0.282. The Kier molecular flexibility index (Phi) is 4.31. The van der Waals surface area contributed by atoms with E-state index >= 15 is 0 Å². The van der Waals surface area contributed by atoms with E-state index in [0.29, 0.717) is 34.3 Å². The van der Waals surface area contributed by atoms with E-state index in [4.69, 9.17) is 16.3 Å². The third-order valence-electron chi connectivity index (χ3n) is 5.60. The maximum absolute atomic E-state index is 14.3. The van der Waals surface area contributed by atoms with Gasteiger partial charge in [0.1, 0.15) is 5.75 Å². The molecule has 4 heterocycles. The van der Waals surface area contributed by atoms with Crippen LogP contribution in [0, 0.1) is 18.7 Å². The number of nitrogens with zero attached hydrogens (tertiary/aromatic N) is 5. The summed E-state index contributed by atoms with van der Waals surface area (Å²) in [6, 6.07) is 9.68. The molecule has 1 N–H and O–H groups in total. The zero-order valence-corrected chi connectivity index (χ0v) is 16.8. The van der Waals surface area contributed by atoms with E-state index in [1.165, 1.54) is 6.20 Å². The van der Waals surface area contributed by atoms with Gasteiger partial charge in [0.25, 0.3) is 0 Å². The third-order valence-corrected chi connectivity index (χ3v) is 5.84. The molecule has 2 saturated heterocycles. The number of fused-ring (bicyclic) bond motifs is 1. The fourth-order valence-electron chi connectivity index (χ4n) is 4.16. The fraction of sp³-hybridized carbons (Fsp3) is 0.350. The summed E-state index contributed by atoms with van der Waals surface area (Å²) in [5.41, 5.74) is 1.43. The van der Waals surface area contributed by atoms with Crippen molar-refractivity contribution < 1.29 is 9.13 Å². The van der Waals surface area contributed by atoms with Gasteiger partial charge in [-0.25, -0.2) is 9.07 Å². The first-order valence-corrected chi connectivity index (χ1v) is 9.85. The molecule has 0 amide bonds. The highest BCUT2D eigenvalue weighted by Crippen LogP contribution is 2.45.